The summed E-state index contributed by atoms with van der Waals surface area (Å²) < 4.78 is 6.83. The summed E-state index contributed by atoms with van der Waals surface area (Å²) in [6.07, 6.45) is 1.54. The smallest absolute Gasteiger partial charge is 0.271 e. The van der Waals surface area contributed by atoms with E-state index in [1.165, 1.54) is 6.21 Å². The Morgan fingerprint density at radius 2 is 1.96 bits per heavy atom. The molecule has 2 aromatic carbocycles. The second kappa shape index (κ2) is 9.12. The maximum absolute atomic E-state index is 12.1. The number of hydrogen-bond donors (Lipinski definition) is 2. The largest absolute Gasteiger partial charge is 0.506 e. The molecule has 1 amide bonds. The molecule has 0 heterocycles. The molecule has 2 aromatic rings. The van der Waals surface area contributed by atoms with Crippen LogP contribution in [0.25, 0.3) is 0 Å². The normalized spacial score (nSPS) is 11.2. The Hall–Kier alpha value is -1.70. The number of hydrazone groups is 1. The number of carbonyl (C=O) groups excluding carboxylic acids is 1. The van der Waals surface area contributed by atoms with E-state index in [9.17, 15) is 9.90 Å². The highest BCUT2D eigenvalue weighted by Gasteiger charge is 2.07. The highest BCUT2D eigenvalue weighted by molar-refractivity contribution is 9.11. The number of amides is 1. The molecule has 0 spiro atoms. The third-order valence-corrected chi connectivity index (χ3v) is 4.29. The summed E-state index contributed by atoms with van der Waals surface area (Å²) in [6.45, 7) is 4.46. The van der Waals surface area contributed by atoms with Crippen LogP contribution in [-0.2, 0) is 11.3 Å². The first-order valence-corrected chi connectivity index (χ1v) is 9.17. The summed E-state index contributed by atoms with van der Waals surface area (Å²) in [5, 5.41) is 13.8. The lowest BCUT2D eigenvalue weighted by molar-refractivity contribution is 0.0657. The topological polar surface area (TPSA) is 70.9 Å². The third-order valence-electron chi connectivity index (χ3n) is 3.23. The molecule has 132 valence electrons. The van der Waals surface area contributed by atoms with Crippen LogP contribution in [0, 0.1) is 0 Å². The van der Waals surface area contributed by atoms with Gasteiger partial charge in [-0.3, -0.25) is 4.79 Å². The van der Waals surface area contributed by atoms with Gasteiger partial charge in [-0.1, -0.05) is 28.1 Å². The summed E-state index contributed by atoms with van der Waals surface area (Å²) in [7, 11) is 0. The maximum Gasteiger partial charge on any atom is 0.271 e. The molecular formula is C18H18Br2N2O3. The van der Waals surface area contributed by atoms with Crippen molar-refractivity contribution in [3.8, 4) is 5.75 Å². The quantitative estimate of drug-likeness (QED) is 0.479. The van der Waals surface area contributed by atoms with Crippen molar-refractivity contribution in [1.82, 2.24) is 5.43 Å². The number of carbonyl (C=O) groups is 1. The van der Waals surface area contributed by atoms with Crippen LogP contribution in [-0.4, -0.2) is 23.3 Å². The Balaban J connectivity index is 1.98. The Morgan fingerprint density at radius 3 is 2.60 bits per heavy atom. The SMILES string of the molecule is CC(C)OCc1ccc(C(=O)N/N=C/c2cc(Br)cc(Br)c2O)cc1. The lowest BCUT2D eigenvalue weighted by Crippen LogP contribution is -2.17. The minimum atomic E-state index is -0.332. The molecule has 0 aliphatic carbocycles. The fourth-order valence-electron chi connectivity index (χ4n) is 1.92. The summed E-state index contributed by atoms with van der Waals surface area (Å²) in [5.41, 5.74) is 4.40. The molecule has 0 aromatic heterocycles. The Kier molecular flexibility index (Phi) is 7.16. The Bertz CT molecular complexity index is 775. The van der Waals surface area contributed by atoms with E-state index in [0.717, 1.165) is 10.0 Å². The van der Waals surface area contributed by atoms with Gasteiger partial charge in [-0.25, -0.2) is 5.43 Å². The van der Waals surface area contributed by atoms with Crippen molar-refractivity contribution >= 4 is 44.0 Å². The molecule has 0 fully saturated rings. The minimum Gasteiger partial charge on any atom is -0.506 e. The molecule has 0 radical (unpaired) electrons. The zero-order valence-corrected chi connectivity index (χ0v) is 17.0. The molecule has 0 bridgehead atoms. The van der Waals surface area contributed by atoms with Crippen molar-refractivity contribution in [2.45, 2.75) is 26.6 Å². The lowest BCUT2D eigenvalue weighted by Gasteiger charge is -2.08. The summed E-state index contributed by atoms with van der Waals surface area (Å²) in [4.78, 5) is 12.1. The second-order valence-electron chi connectivity index (χ2n) is 5.58. The number of phenols is 1. The van der Waals surface area contributed by atoms with Gasteiger partial charge >= 0.3 is 0 Å². The van der Waals surface area contributed by atoms with E-state index in [0.29, 0.717) is 22.2 Å². The van der Waals surface area contributed by atoms with Gasteiger partial charge in [0, 0.05) is 15.6 Å². The molecule has 0 aliphatic heterocycles. The van der Waals surface area contributed by atoms with Crippen molar-refractivity contribution in [2.24, 2.45) is 5.10 Å². The number of benzene rings is 2. The van der Waals surface area contributed by atoms with Gasteiger partial charge < -0.3 is 9.84 Å². The molecule has 0 saturated carbocycles. The predicted octanol–water partition coefficient (Wildman–Crippen LogP) is 4.61. The van der Waals surface area contributed by atoms with Crippen molar-refractivity contribution in [3.05, 3.63) is 62.0 Å². The van der Waals surface area contributed by atoms with Gasteiger partial charge in [0.15, 0.2) is 0 Å². The summed E-state index contributed by atoms with van der Waals surface area (Å²) in [6, 6.07) is 10.5. The molecule has 2 N–H and O–H groups in total. The summed E-state index contributed by atoms with van der Waals surface area (Å²) >= 11 is 6.58. The molecule has 0 aliphatic rings. The number of hydrogen-bond acceptors (Lipinski definition) is 4. The van der Waals surface area contributed by atoms with Crippen LogP contribution in [0.4, 0.5) is 0 Å². The van der Waals surface area contributed by atoms with Gasteiger partial charge in [0.2, 0.25) is 0 Å². The van der Waals surface area contributed by atoms with E-state index in [4.69, 9.17) is 4.74 Å². The van der Waals surface area contributed by atoms with Gasteiger partial charge in [-0.15, -0.1) is 0 Å². The van der Waals surface area contributed by atoms with E-state index in [1.54, 1.807) is 24.3 Å². The zero-order valence-electron chi connectivity index (χ0n) is 13.8. The van der Waals surface area contributed by atoms with Gasteiger partial charge in [-0.05, 0) is 59.6 Å². The fraction of sp³-hybridized carbons (Fsp3) is 0.222. The first-order valence-electron chi connectivity index (χ1n) is 7.58. The third kappa shape index (κ3) is 5.95. The predicted molar refractivity (Wildman–Crippen MR) is 105 cm³/mol. The molecule has 0 unspecified atom stereocenters. The van der Waals surface area contributed by atoms with E-state index in [2.05, 4.69) is 42.4 Å². The van der Waals surface area contributed by atoms with Crippen LogP contribution in [0.15, 0.2) is 50.4 Å². The van der Waals surface area contributed by atoms with Gasteiger partial charge in [0.25, 0.3) is 5.91 Å². The molecule has 0 saturated heterocycles. The Labute approximate surface area is 163 Å². The number of phenolic OH excluding ortho intramolecular Hbond substituents is 1. The zero-order chi connectivity index (χ0) is 18.4. The standard InChI is InChI=1S/C18H18Br2N2O3/c1-11(2)25-10-12-3-5-13(6-4-12)18(24)22-21-9-14-7-15(19)8-16(20)17(14)23/h3-9,11,23H,10H2,1-2H3,(H,22,24)/b21-9+. The van der Waals surface area contributed by atoms with Gasteiger partial charge in [0.05, 0.1) is 23.4 Å². The van der Waals surface area contributed by atoms with Crippen LogP contribution in [0.3, 0.4) is 0 Å². The molecule has 7 heteroatoms. The Morgan fingerprint density at radius 1 is 1.28 bits per heavy atom. The molecule has 2 rings (SSSR count). The van der Waals surface area contributed by atoms with Crippen LogP contribution >= 0.6 is 31.9 Å². The average molecular weight is 470 g/mol. The van der Waals surface area contributed by atoms with Crippen LogP contribution < -0.4 is 5.43 Å². The number of ether oxygens (including phenoxy) is 1. The molecule has 5 nitrogen and oxygen atoms in total. The van der Waals surface area contributed by atoms with E-state index >= 15 is 0 Å². The van der Waals surface area contributed by atoms with Crippen LogP contribution in [0.2, 0.25) is 0 Å². The van der Waals surface area contributed by atoms with Crippen LogP contribution in [0.1, 0.15) is 35.3 Å². The van der Waals surface area contributed by atoms with E-state index < -0.39 is 0 Å². The molecule has 0 atom stereocenters. The highest BCUT2D eigenvalue weighted by Crippen LogP contribution is 2.30. The number of halogens is 2. The highest BCUT2D eigenvalue weighted by atomic mass is 79.9. The van der Waals surface area contributed by atoms with E-state index in [-0.39, 0.29) is 17.8 Å². The van der Waals surface area contributed by atoms with Crippen molar-refractivity contribution < 1.29 is 14.6 Å². The number of nitrogens with zero attached hydrogens (tertiary/aromatic N) is 1. The van der Waals surface area contributed by atoms with E-state index in [1.807, 2.05) is 26.0 Å². The van der Waals surface area contributed by atoms with Crippen LogP contribution in [0.5, 0.6) is 5.75 Å². The lowest BCUT2D eigenvalue weighted by atomic mass is 10.1. The minimum absolute atomic E-state index is 0.0516. The second-order valence-corrected chi connectivity index (χ2v) is 7.35. The number of rotatable bonds is 6. The van der Waals surface area contributed by atoms with Gasteiger partial charge in [0.1, 0.15) is 5.75 Å². The van der Waals surface area contributed by atoms with Gasteiger partial charge in [-0.2, -0.15) is 5.10 Å². The summed E-state index contributed by atoms with van der Waals surface area (Å²) in [5.74, 6) is -0.281. The average Bonchev–Trinajstić information content (AvgIpc) is 2.57. The molecule has 25 heavy (non-hydrogen) atoms. The maximum atomic E-state index is 12.1. The number of aromatic hydroxyl groups is 1. The molecular weight excluding hydrogens is 452 g/mol. The first-order chi connectivity index (χ1) is 11.9. The number of nitrogens with one attached hydrogen (secondary N) is 1. The van der Waals surface area contributed by atoms with Crippen molar-refractivity contribution in [1.29, 1.82) is 0 Å². The monoisotopic (exact) mass is 468 g/mol. The fourth-order valence-corrected chi connectivity index (χ4v) is 3.18. The van der Waals surface area contributed by atoms with Crippen molar-refractivity contribution in [2.75, 3.05) is 0 Å². The van der Waals surface area contributed by atoms with Crippen molar-refractivity contribution in [3.63, 3.8) is 0 Å². The first kappa shape index (κ1) is 19.6.